The maximum Gasteiger partial charge on any atom is 0.177 e. The molecule has 0 spiro atoms. The van der Waals surface area contributed by atoms with Crippen LogP contribution in [0.3, 0.4) is 0 Å². The van der Waals surface area contributed by atoms with Crippen molar-refractivity contribution in [2.45, 2.75) is 33.4 Å². The Kier molecular flexibility index (Phi) is 7.78. The first-order chi connectivity index (χ1) is 25.6. The fraction of sp³-hybridized carbons (Fsp3) is 0.0455. The van der Waals surface area contributed by atoms with E-state index < -0.39 is 0 Å². The van der Waals surface area contributed by atoms with Crippen LogP contribution < -0.4 is 9.80 Å². The predicted octanol–water partition coefficient (Wildman–Crippen LogP) is 12.5. The number of benzene rings is 6. The van der Waals surface area contributed by atoms with E-state index in [-0.39, 0.29) is 11.4 Å². The highest BCUT2D eigenvalue weighted by molar-refractivity contribution is 8.00. The lowest BCUT2D eigenvalue weighted by molar-refractivity contribution is 1.14. The summed E-state index contributed by atoms with van der Waals surface area (Å²) in [5.74, 6) is 0. The minimum absolute atomic E-state index is 0.0313. The van der Waals surface area contributed by atoms with Crippen LogP contribution in [0.25, 0.3) is 33.3 Å². The van der Waals surface area contributed by atoms with E-state index >= 15 is 0 Å². The molecule has 3 aliphatic rings. The number of rotatable bonds is 2. The van der Waals surface area contributed by atoms with Gasteiger partial charge in [0.15, 0.2) is 11.4 Å². The molecule has 0 amide bonds. The Morgan fingerprint density at radius 3 is 1.19 bits per heavy atom. The molecule has 10 rings (SSSR count). The molecule has 6 aromatic carbocycles. The number of hydrogen-bond donors (Lipinski definition) is 0. The lowest BCUT2D eigenvalue weighted by Gasteiger charge is -2.34. The summed E-state index contributed by atoms with van der Waals surface area (Å²) in [6, 6.07) is 46.9. The highest BCUT2D eigenvalue weighted by Crippen LogP contribution is 2.57. The topological polar surface area (TPSA) is 79.8 Å². The van der Waals surface area contributed by atoms with Gasteiger partial charge in [0.25, 0.3) is 0 Å². The number of para-hydroxylation sites is 4. The molecule has 0 saturated heterocycles. The van der Waals surface area contributed by atoms with E-state index in [4.69, 9.17) is 9.97 Å². The Labute approximate surface area is 310 Å². The SMILES string of the molecule is C/C=C\C.N#Cc1nc2c(nc1C#N)-c1cc(N3c4ccccc4Sc4ccccc43)cc3cc(N4c5ccccc5Sc5ccccc54)cc-2c13. The first kappa shape index (κ1) is 31.6. The van der Waals surface area contributed by atoms with E-state index in [2.05, 4.69) is 143 Å². The molecule has 0 fully saturated rings. The normalized spacial score (nSPS) is 12.8. The van der Waals surface area contributed by atoms with E-state index in [0.29, 0.717) is 11.4 Å². The first-order valence-corrected chi connectivity index (χ1v) is 18.5. The Morgan fingerprint density at radius 2 is 0.865 bits per heavy atom. The molecule has 52 heavy (non-hydrogen) atoms. The minimum atomic E-state index is 0.0313. The standard InChI is InChI=1S/C40H20N6S2.C4H8/c41-21-28-29(22-42)44-40-27-20-25(46-32-11-3-7-15-36(32)48-37-16-8-4-12-33(37)46)18-23-17-24(19-26(38(23)27)39(40)43-28)45-30-9-1-5-13-34(30)47-35-14-6-2-10-31(35)45;1-3-4-2/h1-20H;3-4H,1-2H3/b;4-3-. The molecule has 0 N–H and O–H groups in total. The summed E-state index contributed by atoms with van der Waals surface area (Å²) >= 11 is 3.54. The van der Waals surface area contributed by atoms with Crippen molar-refractivity contribution in [1.29, 1.82) is 10.5 Å². The summed E-state index contributed by atoms with van der Waals surface area (Å²) in [5, 5.41) is 21.9. The molecule has 0 unspecified atom stereocenters. The predicted molar refractivity (Wildman–Crippen MR) is 211 cm³/mol. The second-order valence-electron chi connectivity index (χ2n) is 12.3. The summed E-state index contributed by atoms with van der Waals surface area (Å²) in [7, 11) is 0. The molecular weight excluding hydrogens is 677 g/mol. The number of allylic oxidation sites excluding steroid dienone is 2. The van der Waals surface area contributed by atoms with Crippen molar-refractivity contribution in [2.24, 2.45) is 0 Å². The molecule has 3 heterocycles. The molecular formula is C44H28N6S2. The van der Waals surface area contributed by atoms with Crippen molar-refractivity contribution in [3.05, 3.63) is 145 Å². The summed E-state index contributed by atoms with van der Waals surface area (Å²) in [4.78, 5) is 18.9. The maximum absolute atomic E-state index is 9.95. The van der Waals surface area contributed by atoms with Gasteiger partial charge in [0.2, 0.25) is 0 Å². The Hall–Kier alpha value is -6.32. The number of hydrogen-bond acceptors (Lipinski definition) is 8. The van der Waals surface area contributed by atoms with Crippen LogP contribution in [0.5, 0.6) is 0 Å². The second kappa shape index (κ2) is 12.8. The smallest absolute Gasteiger partial charge is 0.177 e. The third-order valence-corrected chi connectivity index (χ3v) is 11.6. The van der Waals surface area contributed by atoms with Crippen LogP contribution in [0, 0.1) is 22.7 Å². The van der Waals surface area contributed by atoms with Crippen LogP contribution in [0.4, 0.5) is 34.1 Å². The molecule has 1 aliphatic carbocycles. The van der Waals surface area contributed by atoms with Gasteiger partial charge in [0, 0.05) is 47.5 Å². The molecule has 6 nitrogen and oxygen atoms in total. The van der Waals surface area contributed by atoms with Gasteiger partial charge in [0.1, 0.15) is 12.1 Å². The number of anilines is 6. The Balaban J connectivity index is 0.000000859. The fourth-order valence-electron chi connectivity index (χ4n) is 7.05. The first-order valence-electron chi connectivity index (χ1n) is 16.9. The third kappa shape index (κ3) is 4.96. The highest BCUT2D eigenvalue weighted by Gasteiger charge is 2.33. The quantitative estimate of drug-likeness (QED) is 0.165. The van der Waals surface area contributed by atoms with Gasteiger partial charge < -0.3 is 9.80 Å². The highest BCUT2D eigenvalue weighted by atomic mass is 32.2. The van der Waals surface area contributed by atoms with Gasteiger partial charge in [-0.1, -0.05) is 84.2 Å². The molecule has 8 heteroatoms. The zero-order valence-corrected chi connectivity index (χ0v) is 29.8. The van der Waals surface area contributed by atoms with Crippen LogP contribution in [0.15, 0.2) is 153 Å². The van der Waals surface area contributed by atoms with Gasteiger partial charge in [-0.15, -0.1) is 0 Å². The summed E-state index contributed by atoms with van der Waals surface area (Å²) < 4.78 is 0. The largest absolute Gasteiger partial charge is 0.308 e. The molecule has 1 aromatic heterocycles. The van der Waals surface area contributed by atoms with Crippen molar-refractivity contribution in [2.75, 3.05) is 9.80 Å². The molecule has 2 aliphatic heterocycles. The van der Waals surface area contributed by atoms with Crippen LogP contribution >= 0.6 is 23.5 Å². The van der Waals surface area contributed by atoms with Crippen LogP contribution in [-0.2, 0) is 0 Å². The molecule has 7 aromatic rings. The van der Waals surface area contributed by atoms with Crippen molar-refractivity contribution in [3.63, 3.8) is 0 Å². The monoisotopic (exact) mass is 704 g/mol. The lowest BCUT2D eigenvalue weighted by Crippen LogP contribution is -2.15. The van der Waals surface area contributed by atoms with Crippen molar-refractivity contribution < 1.29 is 0 Å². The minimum Gasteiger partial charge on any atom is -0.308 e. The van der Waals surface area contributed by atoms with Gasteiger partial charge >= 0.3 is 0 Å². The number of aromatic nitrogens is 2. The summed E-state index contributed by atoms with van der Waals surface area (Å²) in [6.45, 7) is 4.00. The zero-order chi connectivity index (χ0) is 35.3. The van der Waals surface area contributed by atoms with Crippen molar-refractivity contribution in [1.82, 2.24) is 9.97 Å². The summed E-state index contributed by atoms with van der Waals surface area (Å²) in [6.07, 6.45) is 4.00. The summed E-state index contributed by atoms with van der Waals surface area (Å²) in [5.41, 5.74) is 9.45. The maximum atomic E-state index is 9.95. The average Bonchev–Trinajstić information content (AvgIpc) is 3.50. The van der Waals surface area contributed by atoms with E-state index in [1.165, 1.54) is 19.6 Å². The molecule has 0 atom stereocenters. The Bertz CT molecular complexity index is 2450. The molecule has 0 radical (unpaired) electrons. The third-order valence-electron chi connectivity index (χ3n) is 9.35. The number of nitrogens with zero attached hydrogens (tertiary/aromatic N) is 6. The van der Waals surface area contributed by atoms with Crippen LogP contribution in [0.1, 0.15) is 25.2 Å². The molecule has 0 saturated carbocycles. The zero-order valence-electron chi connectivity index (χ0n) is 28.2. The number of fused-ring (bicyclic) bond motifs is 7. The molecule has 246 valence electrons. The van der Waals surface area contributed by atoms with Crippen molar-refractivity contribution in [3.8, 4) is 34.7 Å². The van der Waals surface area contributed by atoms with Gasteiger partial charge in [-0.3, -0.25) is 0 Å². The van der Waals surface area contributed by atoms with E-state index in [1.54, 1.807) is 23.5 Å². The van der Waals surface area contributed by atoms with E-state index in [0.717, 1.165) is 56.0 Å². The van der Waals surface area contributed by atoms with Crippen molar-refractivity contribution >= 4 is 68.4 Å². The number of nitriles is 2. The van der Waals surface area contributed by atoms with Crippen LogP contribution in [-0.4, -0.2) is 9.97 Å². The average molecular weight is 705 g/mol. The van der Waals surface area contributed by atoms with Gasteiger partial charge in [0.05, 0.1) is 34.1 Å². The molecule has 0 bridgehead atoms. The second-order valence-corrected chi connectivity index (χ2v) is 14.5. The van der Waals surface area contributed by atoms with Gasteiger partial charge in [-0.2, -0.15) is 10.5 Å². The van der Waals surface area contributed by atoms with E-state index in [1.807, 2.05) is 26.0 Å². The van der Waals surface area contributed by atoms with E-state index in [9.17, 15) is 10.5 Å². The van der Waals surface area contributed by atoms with Crippen LogP contribution in [0.2, 0.25) is 0 Å². The fourth-order valence-corrected chi connectivity index (χ4v) is 9.16. The lowest BCUT2D eigenvalue weighted by atomic mass is 10.00. The van der Waals surface area contributed by atoms with Gasteiger partial charge in [-0.25, -0.2) is 9.97 Å². The Morgan fingerprint density at radius 1 is 0.519 bits per heavy atom. The van der Waals surface area contributed by atoms with Gasteiger partial charge in [-0.05, 0) is 92.0 Å².